The number of fused-ring (bicyclic) bond motifs is 1. The summed E-state index contributed by atoms with van der Waals surface area (Å²) in [5, 5.41) is 0.673. The van der Waals surface area contributed by atoms with Crippen LogP contribution in [0, 0.1) is 5.82 Å². The smallest absolute Gasteiger partial charge is 0.289 e. The number of benzene rings is 3. The summed E-state index contributed by atoms with van der Waals surface area (Å²) in [6.07, 6.45) is 5.81. The van der Waals surface area contributed by atoms with E-state index in [1.165, 1.54) is 12.1 Å². The van der Waals surface area contributed by atoms with Crippen LogP contribution in [0.25, 0.3) is 6.08 Å². The van der Waals surface area contributed by atoms with E-state index in [4.69, 9.17) is 16.3 Å². The molecule has 3 aliphatic rings. The number of halogens is 2. The van der Waals surface area contributed by atoms with Crippen molar-refractivity contribution in [3.05, 3.63) is 106 Å². The minimum Gasteiger partial charge on any atom is -0.482 e. The Morgan fingerprint density at radius 2 is 1.59 bits per heavy atom. The number of hydrogen-bond donors (Lipinski definition) is 0. The molecule has 1 aliphatic carbocycles. The minimum absolute atomic E-state index is 0.0190. The summed E-state index contributed by atoms with van der Waals surface area (Å²) >= 11 is 6.07. The maximum atomic E-state index is 13.6. The van der Waals surface area contributed by atoms with Crippen molar-refractivity contribution in [2.24, 2.45) is 0 Å². The van der Waals surface area contributed by atoms with E-state index >= 15 is 0 Å². The number of carbonyl (C=O) groups is 2. The van der Waals surface area contributed by atoms with Crippen LogP contribution in [0.4, 0.5) is 10.1 Å². The molecule has 2 saturated heterocycles. The second-order valence-corrected chi connectivity index (χ2v) is 11.4. The average molecular weight is 574 g/mol. The number of morpholine rings is 1. The molecule has 6 rings (SSSR count). The number of anilines is 1. The first-order chi connectivity index (χ1) is 19.9. The van der Waals surface area contributed by atoms with Crippen LogP contribution in [0.3, 0.4) is 0 Å². The lowest BCUT2D eigenvalue weighted by molar-refractivity contribution is -0.149. The number of carbonyl (C=O) groups excluding carboxylic acids is 2. The summed E-state index contributed by atoms with van der Waals surface area (Å²) in [5.41, 5.74) is 3.41. The van der Waals surface area contributed by atoms with Gasteiger partial charge in [-0.1, -0.05) is 42.3 Å². The second-order valence-electron chi connectivity index (χ2n) is 11.0. The Balaban J connectivity index is 1.13. The Kier molecular flexibility index (Phi) is 7.97. The van der Waals surface area contributed by atoms with Gasteiger partial charge in [-0.25, -0.2) is 4.39 Å². The van der Waals surface area contributed by atoms with E-state index in [1.807, 2.05) is 58.3 Å². The summed E-state index contributed by atoms with van der Waals surface area (Å²) in [6.45, 7) is 3.08. The van der Waals surface area contributed by atoms with Gasteiger partial charge in [0.15, 0.2) is 5.76 Å². The van der Waals surface area contributed by atoms with Crippen LogP contribution >= 0.6 is 11.6 Å². The van der Waals surface area contributed by atoms with Gasteiger partial charge in [0, 0.05) is 49.0 Å². The molecule has 212 valence electrons. The van der Waals surface area contributed by atoms with Crippen molar-refractivity contribution in [1.29, 1.82) is 0 Å². The predicted octanol–water partition coefficient (Wildman–Crippen LogP) is 6.15. The van der Waals surface area contributed by atoms with E-state index in [2.05, 4.69) is 4.90 Å². The summed E-state index contributed by atoms with van der Waals surface area (Å²) in [5.74, 6) is -0.0398. The molecule has 2 amide bonds. The summed E-state index contributed by atoms with van der Waals surface area (Å²) < 4.78 is 19.5. The van der Waals surface area contributed by atoms with Gasteiger partial charge in [-0.05, 0) is 85.0 Å². The van der Waals surface area contributed by atoms with Gasteiger partial charge in [0.1, 0.15) is 11.9 Å². The van der Waals surface area contributed by atoms with Crippen molar-refractivity contribution >= 4 is 35.2 Å². The molecule has 1 saturated carbocycles. The highest BCUT2D eigenvalue weighted by molar-refractivity contribution is 6.30. The highest BCUT2D eigenvalue weighted by Crippen LogP contribution is 2.34. The van der Waals surface area contributed by atoms with Crippen LogP contribution in [0.1, 0.15) is 47.2 Å². The molecule has 0 aromatic heterocycles. The van der Waals surface area contributed by atoms with Crippen LogP contribution < -0.4 is 4.90 Å². The molecular formula is C33H33ClFN3O3. The SMILES string of the molecule is O=C(c1ccc(/C=C2\OC3CCCCC3N(Cc3ccc(Cl)cc3)C2=O)cc1)N1CCN(c2ccc(F)cc2)CC1. The van der Waals surface area contributed by atoms with E-state index < -0.39 is 0 Å². The topological polar surface area (TPSA) is 53.1 Å². The first-order valence-corrected chi connectivity index (χ1v) is 14.7. The first-order valence-electron chi connectivity index (χ1n) is 14.3. The number of ether oxygens (including phenoxy) is 1. The van der Waals surface area contributed by atoms with Crippen molar-refractivity contribution in [2.75, 3.05) is 31.1 Å². The quantitative estimate of drug-likeness (QED) is 0.343. The third-order valence-electron chi connectivity index (χ3n) is 8.30. The molecule has 2 atom stereocenters. The molecule has 6 nitrogen and oxygen atoms in total. The molecule has 0 bridgehead atoms. The van der Waals surface area contributed by atoms with Crippen molar-refractivity contribution < 1.29 is 18.7 Å². The Bertz CT molecular complexity index is 1420. The molecule has 2 unspecified atom stereocenters. The van der Waals surface area contributed by atoms with E-state index in [0.29, 0.717) is 49.1 Å². The normalized spacial score (nSPS) is 22.0. The van der Waals surface area contributed by atoms with E-state index in [-0.39, 0.29) is 29.8 Å². The molecule has 0 spiro atoms. The molecule has 2 aliphatic heterocycles. The molecule has 3 aromatic rings. The van der Waals surface area contributed by atoms with Crippen molar-refractivity contribution in [1.82, 2.24) is 9.80 Å². The Labute approximate surface area is 244 Å². The van der Waals surface area contributed by atoms with Crippen LogP contribution in [0.15, 0.2) is 78.6 Å². The molecular weight excluding hydrogens is 541 g/mol. The fourth-order valence-electron chi connectivity index (χ4n) is 6.02. The van der Waals surface area contributed by atoms with Crippen molar-refractivity contribution in [3.63, 3.8) is 0 Å². The highest BCUT2D eigenvalue weighted by Gasteiger charge is 2.41. The van der Waals surface area contributed by atoms with E-state index in [0.717, 1.165) is 42.5 Å². The van der Waals surface area contributed by atoms with Gasteiger partial charge in [-0.15, -0.1) is 0 Å². The minimum atomic E-state index is -0.255. The molecule has 2 heterocycles. The van der Waals surface area contributed by atoms with Crippen LogP contribution in [-0.4, -0.2) is 59.9 Å². The molecule has 41 heavy (non-hydrogen) atoms. The van der Waals surface area contributed by atoms with Crippen LogP contribution in [0.2, 0.25) is 5.02 Å². The molecule has 3 fully saturated rings. The number of nitrogens with zero attached hydrogens (tertiary/aromatic N) is 3. The monoisotopic (exact) mass is 573 g/mol. The largest absolute Gasteiger partial charge is 0.482 e. The standard InChI is InChI=1S/C33H33ClFN3O3/c34-26-11-7-24(8-12-26)22-38-29-3-1-2-4-30(29)41-31(33(38)40)21-23-5-9-25(10-6-23)32(39)37-19-17-36(18-20-37)28-15-13-27(35)14-16-28/h5-16,21,29-30H,1-4,17-20,22H2/b31-21-. The van der Waals surface area contributed by atoms with Gasteiger partial charge in [-0.2, -0.15) is 0 Å². The summed E-state index contributed by atoms with van der Waals surface area (Å²) in [6, 6.07) is 21.5. The van der Waals surface area contributed by atoms with Gasteiger partial charge in [0.25, 0.3) is 11.8 Å². The fourth-order valence-corrected chi connectivity index (χ4v) is 6.15. The van der Waals surface area contributed by atoms with Crippen LogP contribution in [0.5, 0.6) is 0 Å². The zero-order chi connectivity index (χ0) is 28.3. The van der Waals surface area contributed by atoms with Gasteiger partial charge < -0.3 is 19.4 Å². The van der Waals surface area contributed by atoms with Gasteiger partial charge in [-0.3, -0.25) is 9.59 Å². The van der Waals surface area contributed by atoms with Gasteiger partial charge in [0.05, 0.1) is 6.04 Å². The number of piperazine rings is 1. The summed E-state index contributed by atoms with van der Waals surface area (Å²) in [4.78, 5) is 32.7. The Morgan fingerprint density at radius 1 is 0.902 bits per heavy atom. The lowest BCUT2D eigenvalue weighted by Gasteiger charge is -2.44. The zero-order valence-corrected chi connectivity index (χ0v) is 23.6. The Morgan fingerprint density at radius 3 is 2.29 bits per heavy atom. The average Bonchev–Trinajstić information content (AvgIpc) is 3.01. The van der Waals surface area contributed by atoms with E-state index in [1.54, 1.807) is 18.2 Å². The predicted molar refractivity (Wildman–Crippen MR) is 158 cm³/mol. The lowest BCUT2D eigenvalue weighted by atomic mass is 9.89. The third kappa shape index (κ3) is 6.10. The summed E-state index contributed by atoms with van der Waals surface area (Å²) in [7, 11) is 0. The maximum absolute atomic E-state index is 13.6. The number of rotatable bonds is 5. The van der Waals surface area contributed by atoms with E-state index in [9.17, 15) is 14.0 Å². The number of amides is 2. The molecule has 3 aromatic carbocycles. The lowest BCUT2D eigenvalue weighted by Crippen LogP contribution is -2.54. The molecule has 0 N–H and O–H groups in total. The van der Waals surface area contributed by atoms with Crippen molar-refractivity contribution in [3.8, 4) is 0 Å². The van der Waals surface area contributed by atoms with Gasteiger partial charge >= 0.3 is 0 Å². The van der Waals surface area contributed by atoms with Crippen molar-refractivity contribution in [2.45, 2.75) is 44.4 Å². The number of hydrogen-bond acceptors (Lipinski definition) is 4. The molecule has 8 heteroatoms. The fraction of sp³-hybridized carbons (Fsp3) is 0.333. The third-order valence-corrected chi connectivity index (χ3v) is 8.55. The second kappa shape index (κ2) is 12.0. The first kappa shape index (κ1) is 27.3. The van der Waals surface area contributed by atoms with Crippen LogP contribution in [-0.2, 0) is 16.1 Å². The maximum Gasteiger partial charge on any atom is 0.289 e. The zero-order valence-electron chi connectivity index (χ0n) is 22.8. The highest BCUT2D eigenvalue weighted by atomic mass is 35.5. The Hall–Kier alpha value is -3.84. The molecule has 0 radical (unpaired) electrons. The van der Waals surface area contributed by atoms with Gasteiger partial charge in [0.2, 0.25) is 0 Å².